The van der Waals surface area contributed by atoms with Gasteiger partial charge in [0.2, 0.25) is 15.9 Å². The summed E-state index contributed by atoms with van der Waals surface area (Å²) in [6.45, 7) is 3.24. The molecule has 0 fully saturated rings. The van der Waals surface area contributed by atoms with Gasteiger partial charge in [0.25, 0.3) is 0 Å². The summed E-state index contributed by atoms with van der Waals surface area (Å²) >= 11 is 3.12. The summed E-state index contributed by atoms with van der Waals surface area (Å²) in [5.41, 5.74) is 0.804. The van der Waals surface area contributed by atoms with Gasteiger partial charge in [-0.2, -0.15) is 18.4 Å². The Labute approximate surface area is 204 Å². The first-order chi connectivity index (χ1) is 15.7. The third kappa shape index (κ3) is 7.53. The smallest absolute Gasteiger partial charge is 0.342 e. The van der Waals surface area contributed by atoms with Crippen LogP contribution in [0.1, 0.15) is 31.9 Å². The van der Waals surface area contributed by atoms with Gasteiger partial charge in [-0.1, -0.05) is 44.2 Å². The van der Waals surface area contributed by atoms with Gasteiger partial charge in [0.1, 0.15) is 12.6 Å². The van der Waals surface area contributed by atoms with E-state index in [-0.39, 0.29) is 33.8 Å². The Balaban J connectivity index is 2.38. The second kappa shape index (κ2) is 11.3. The maximum absolute atomic E-state index is 13.9. The molecule has 2 atom stereocenters. The van der Waals surface area contributed by atoms with E-state index in [9.17, 15) is 26.4 Å². The number of halogens is 4. The number of sulfonamides is 1. The Kier molecular flexibility index (Phi) is 9.24. The fraction of sp³-hybridized carbons (Fsp3) is 0.364. The zero-order chi connectivity index (χ0) is 25.7. The Morgan fingerprint density at radius 2 is 1.74 bits per heavy atom. The lowest BCUT2D eigenvalue weighted by molar-refractivity contribution is -0.161. The van der Waals surface area contributed by atoms with E-state index in [1.807, 2.05) is 0 Å². The van der Waals surface area contributed by atoms with Gasteiger partial charge >= 0.3 is 6.18 Å². The average Bonchev–Trinajstić information content (AvgIpc) is 2.73. The number of amides is 1. The van der Waals surface area contributed by atoms with Crippen LogP contribution >= 0.6 is 15.9 Å². The van der Waals surface area contributed by atoms with E-state index in [2.05, 4.69) is 26.6 Å². The van der Waals surface area contributed by atoms with Gasteiger partial charge < -0.3 is 5.32 Å². The molecule has 0 spiro atoms. The first kappa shape index (κ1) is 27.8. The lowest BCUT2D eigenvalue weighted by atomic mass is 9.97. The summed E-state index contributed by atoms with van der Waals surface area (Å²) in [6, 6.07) is 8.23. The molecule has 0 heterocycles. The lowest BCUT2D eigenvalue weighted by Gasteiger charge is -2.28. The largest absolute Gasteiger partial charge is 0.407 e. The Morgan fingerprint density at radius 3 is 2.24 bits per heavy atom. The van der Waals surface area contributed by atoms with E-state index >= 15 is 0 Å². The molecule has 4 N–H and O–H groups in total. The fourth-order valence-corrected chi connectivity index (χ4v) is 4.88. The number of nitrogens with zero attached hydrogens (tertiary/aromatic N) is 1. The highest BCUT2D eigenvalue weighted by molar-refractivity contribution is 9.10. The van der Waals surface area contributed by atoms with E-state index in [1.54, 1.807) is 26.0 Å². The minimum atomic E-state index is -4.70. The molecule has 2 aromatic carbocycles. The van der Waals surface area contributed by atoms with Crippen LogP contribution < -0.4 is 15.8 Å². The third-order valence-electron chi connectivity index (χ3n) is 4.88. The minimum Gasteiger partial charge on any atom is -0.342 e. The standard InChI is InChI=1S/C22H24BrF3N4O3S/c1-13(2)11-18(21(31)29-10-9-27)30-20(22(24,25)26)15-5-3-14(4-6-15)16-7-8-17(23)19(12-16)34(28,32)33/h3-8,12-13,18,20,30H,10-11H2,1-2H3,(H,29,31)(H2,28,32,33)/t18-,20-/m0/s1. The lowest BCUT2D eigenvalue weighted by Crippen LogP contribution is -2.49. The molecule has 2 rings (SSSR count). The zero-order valence-corrected chi connectivity index (χ0v) is 20.8. The molecule has 184 valence electrons. The highest BCUT2D eigenvalue weighted by Crippen LogP contribution is 2.35. The molecule has 2 aromatic rings. The number of benzene rings is 2. The maximum atomic E-state index is 13.9. The number of nitrogens with one attached hydrogen (secondary N) is 2. The van der Waals surface area contributed by atoms with Crippen LogP contribution in [0.4, 0.5) is 13.2 Å². The summed E-state index contributed by atoms with van der Waals surface area (Å²) < 4.78 is 65.6. The first-order valence-electron chi connectivity index (χ1n) is 10.1. The van der Waals surface area contributed by atoms with Crippen molar-refractivity contribution in [3.05, 3.63) is 52.5 Å². The van der Waals surface area contributed by atoms with Crippen molar-refractivity contribution in [3.63, 3.8) is 0 Å². The number of hydrogen-bond acceptors (Lipinski definition) is 5. The molecule has 0 unspecified atom stereocenters. The minimum absolute atomic E-state index is 0.0768. The quantitative estimate of drug-likeness (QED) is 0.399. The normalized spacial score (nSPS) is 13.9. The van der Waals surface area contributed by atoms with E-state index in [0.717, 1.165) is 0 Å². The maximum Gasteiger partial charge on any atom is 0.407 e. The molecule has 0 saturated carbocycles. The highest BCUT2D eigenvalue weighted by Gasteiger charge is 2.42. The van der Waals surface area contributed by atoms with Gasteiger partial charge in [0.05, 0.1) is 17.0 Å². The summed E-state index contributed by atoms with van der Waals surface area (Å²) in [5, 5.41) is 18.6. The molecule has 0 radical (unpaired) electrons. The molecule has 0 aliphatic heterocycles. The van der Waals surface area contributed by atoms with E-state index in [4.69, 9.17) is 10.4 Å². The van der Waals surface area contributed by atoms with Crippen LogP contribution in [-0.4, -0.2) is 33.1 Å². The summed E-state index contributed by atoms with van der Waals surface area (Å²) in [5.74, 6) is -0.765. The highest BCUT2D eigenvalue weighted by atomic mass is 79.9. The Hall–Kier alpha value is -2.46. The van der Waals surface area contributed by atoms with E-state index in [0.29, 0.717) is 11.1 Å². The number of nitriles is 1. The molecule has 0 aliphatic rings. The van der Waals surface area contributed by atoms with Crippen LogP contribution in [0, 0.1) is 17.2 Å². The molecule has 0 aliphatic carbocycles. The van der Waals surface area contributed by atoms with Gasteiger partial charge in [0, 0.05) is 4.47 Å². The number of primary sulfonamides is 1. The number of alkyl halides is 3. The predicted molar refractivity (Wildman–Crippen MR) is 125 cm³/mol. The first-order valence-corrected chi connectivity index (χ1v) is 12.5. The number of hydrogen-bond donors (Lipinski definition) is 3. The molecule has 0 saturated heterocycles. The van der Waals surface area contributed by atoms with Crippen LogP contribution in [0.15, 0.2) is 51.8 Å². The summed E-state index contributed by atoms with van der Waals surface area (Å²) in [6.07, 6.45) is -4.57. The molecule has 0 aromatic heterocycles. The van der Waals surface area contributed by atoms with Gasteiger partial charge in [0.15, 0.2) is 0 Å². The third-order valence-corrected chi connectivity index (χ3v) is 6.78. The van der Waals surface area contributed by atoms with Crippen molar-refractivity contribution >= 4 is 31.9 Å². The van der Waals surface area contributed by atoms with Gasteiger partial charge in [-0.05, 0) is 57.1 Å². The SMILES string of the molecule is CC(C)C[C@H](N[C@@H](c1ccc(-c2ccc(Br)c(S(N)(=O)=O)c2)cc1)C(F)(F)F)C(=O)NCC#N. The predicted octanol–water partition coefficient (Wildman–Crippen LogP) is 4.01. The molecule has 12 heteroatoms. The molecular formula is C22H24BrF3N4O3S. The fourth-order valence-electron chi connectivity index (χ4n) is 3.32. The number of rotatable bonds is 9. The van der Waals surface area contributed by atoms with Crippen LogP contribution in [0.2, 0.25) is 0 Å². The van der Waals surface area contributed by atoms with Crippen LogP contribution in [-0.2, 0) is 14.8 Å². The van der Waals surface area contributed by atoms with Crippen molar-refractivity contribution in [2.24, 2.45) is 11.1 Å². The summed E-state index contributed by atoms with van der Waals surface area (Å²) in [7, 11) is -4.01. The Morgan fingerprint density at radius 1 is 1.15 bits per heavy atom. The second-order valence-electron chi connectivity index (χ2n) is 8.01. The molecule has 34 heavy (non-hydrogen) atoms. The van der Waals surface area contributed by atoms with Gasteiger partial charge in [-0.25, -0.2) is 13.6 Å². The zero-order valence-electron chi connectivity index (χ0n) is 18.4. The van der Waals surface area contributed by atoms with E-state index in [1.165, 1.54) is 36.4 Å². The van der Waals surface area contributed by atoms with E-state index < -0.39 is 34.2 Å². The van der Waals surface area contributed by atoms with Crippen molar-refractivity contribution in [1.82, 2.24) is 10.6 Å². The van der Waals surface area contributed by atoms with Crippen LogP contribution in [0.25, 0.3) is 11.1 Å². The van der Waals surface area contributed by atoms with Crippen LogP contribution in [0.3, 0.4) is 0 Å². The van der Waals surface area contributed by atoms with Gasteiger partial charge in [-0.15, -0.1) is 0 Å². The van der Waals surface area contributed by atoms with Crippen molar-refractivity contribution in [2.75, 3.05) is 6.54 Å². The molecule has 7 nitrogen and oxygen atoms in total. The van der Waals surface area contributed by atoms with Crippen molar-refractivity contribution in [1.29, 1.82) is 5.26 Å². The molecular weight excluding hydrogens is 537 g/mol. The van der Waals surface area contributed by atoms with Gasteiger partial charge in [-0.3, -0.25) is 10.1 Å². The van der Waals surface area contributed by atoms with Crippen LogP contribution in [0.5, 0.6) is 0 Å². The summed E-state index contributed by atoms with van der Waals surface area (Å²) in [4.78, 5) is 12.2. The number of carbonyl (C=O) groups excluding carboxylic acids is 1. The number of nitrogens with two attached hydrogens (primary N) is 1. The number of carbonyl (C=O) groups is 1. The molecule has 1 amide bonds. The monoisotopic (exact) mass is 560 g/mol. The topological polar surface area (TPSA) is 125 Å². The van der Waals surface area contributed by atoms with Crippen molar-refractivity contribution < 1.29 is 26.4 Å². The van der Waals surface area contributed by atoms with Crippen molar-refractivity contribution in [2.45, 2.75) is 43.4 Å². The second-order valence-corrected chi connectivity index (χ2v) is 10.4. The average molecular weight is 561 g/mol. The molecule has 0 bridgehead atoms. The van der Waals surface area contributed by atoms with Crippen molar-refractivity contribution in [3.8, 4) is 17.2 Å². The Bertz CT molecular complexity index is 1160.